The van der Waals surface area contributed by atoms with E-state index in [1.807, 2.05) is 6.92 Å². The number of benzene rings is 1. The van der Waals surface area contributed by atoms with E-state index in [2.05, 4.69) is 0 Å². The number of ether oxygens (including phenoxy) is 1. The zero-order valence-corrected chi connectivity index (χ0v) is 7.83. The maximum atomic E-state index is 11.1. The van der Waals surface area contributed by atoms with Gasteiger partial charge < -0.3 is 4.74 Å². The third kappa shape index (κ3) is 2.34. The quantitative estimate of drug-likeness (QED) is 0.506. The molecule has 0 fully saturated rings. The molecule has 0 amide bonds. The summed E-state index contributed by atoms with van der Waals surface area (Å²) in [4.78, 5) is 11.1. The molecule has 0 saturated heterocycles. The summed E-state index contributed by atoms with van der Waals surface area (Å²) < 4.78 is 5.24. The number of hydrogen-bond donors (Lipinski definition) is 0. The SMILES string of the molecule is [B]c1ccc(OCC)cc1C(C)=O. The molecular formula is C10H11BO2. The van der Waals surface area contributed by atoms with Gasteiger partial charge in [0.15, 0.2) is 5.78 Å². The number of carbonyl (C=O) groups excluding carboxylic acids is 1. The van der Waals surface area contributed by atoms with Gasteiger partial charge in [0.1, 0.15) is 13.6 Å². The van der Waals surface area contributed by atoms with Crippen LogP contribution in [0.25, 0.3) is 0 Å². The highest BCUT2D eigenvalue weighted by Gasteiger charge is 2.04. The van der Waals surface area contributed by atoms with Gasteiger partial charge in [0.25, 0.3) is 0 Å². The molecule has 0 atom stereocenters. The van der Waals surface area contributed by atoms with Crippen LogP contribution in [0.5, 0.6) is 5.75 Å². The van der Waals surface area contributed by atoms with Gasteiger partial charge in [0.05, 0.1) is 6.61 Å². The molecule has 0 aromatic heterocycles. The van der Waals surface area contributed by atoms with Gasteiger partial charge >= 0.3 is 0 Å². The lowest BCUT2D eigenvalue weighted by molar-refractivity contribution is 0.101. The van der Waals surface area contributed by atoms with Crippen LogP contribution in [0.1, 0.15) is 24.2 Å². The summed E-state index contributed by atoms with van der Waals surface area (Å²) in [5.74, 6) is 0.640. The predicted molar refractivity (Wildman–Crippen MR) is 53.0 cm³/mol. The van der Waals surface area contributed by atoms with Crippen molar-refractivity contribution in [2.75, 3.05) is 6.61 Å². The van der Waals surface area contributed by atoms with Gasteiger partial charge in [-0.25, -0.2) is 0 Å². The van der Waals surface area contributed by atoms with Crippen molar-refractivity contribution in [3.63, 3.8) is 0 Å². The Morgan fingerprint density at radius 2 is 2.23 bits per heavy atom. The second-order valence-corrected chi connectivity index (χ2v) is 2.74. The van der Waals surface area contributed by atoms with Crippen LogP contribution in [0.2, 0.25) is 0 Å². The largest absolute Gasteiger partial charge is 0.494 e. The fourth-order valence-electron chi connectivity index (χ4n) is 1.10. The molecule has 2 radical (unpaired) electrons. The third-order valence-electron chi connectivity index (χ3n) is 1.72. The molecule has 13 heavy (non-hydrogen) atoms. The molecule has 0 spiro atoms. The van der Waals surface area contributed by atoms with Crippen molar-refractivity contribution in [3.8, 4) is 5.75 Å². The van der Waals surface area contributed by atoms with Crippen molar-refractivity contribution in [3.05, 3.63) is 23.8 Å². The predicted octanol–water partition coefficient (Wildman–Crippen LogP) is 1.08. The number of rotatable bonds is 3. The van der Waals surface area contributed by atoms with Gasteiger partial charge in [-0.1, -0.05) is 11.5 Å². The molecule has 2 nitrogen and oxygen atoms in total. The lowest BCUT2D eigenvalue weighted by atomic mass is 9.89. The Hall–Kier alpha value is -1.25. The van der Waals surface area contributed by atoms with Crippen molar-refractivity contribution in [2.24, 2.45) is 0 Å². The van der Waals surface area contributed by atoms with E-state index < -0.39 is 0 Å². The van der Waals surface area contributed by atoms with E-state index in [1.165, 1.54) is 6.92 Å². The lowest BCUT2D eigenvalue weighted by Gasteiger charge is -2.06. The Bertz CT molecular complexity index is 321. The van der Waals surface area contributed by atoms with E-state index in [9.17, 15) is 4.79 Å². The van der Waals surface area contributed by atoms with Gasteiger partial charge in [0, 0.05) is 5.56 Å². The molecule has 0 aliphatic rings. The summed E-state index contributed by atoms with van der Waals surface area (Å²) in [6.45, 7) is 3.96. The third-order valence-corrected chi connectivity index (χ3v) is 1.72. The zero-order chi connectivity index (χ0) is 9.84. The highest BCUT2D eigenvalue weighted by molar-refractivity contribution is 6.36. The first-order valence-corrected chi connectivity index (χ1v) is 4.18. The standard InChI is InChI=1S/C10H11BO2/c1-3-13-8-4-5-10(11)9(6-8)7(2)12/h4-6H,3H2,1-2H3. The van der Waals surface area contributed by atoms with E-state index in [-0.39, 0.29) is 5.78 Å². The Kier molecular flexibility index (Phi) is 3.12. The number of ketones is 1. The van der Waals surface area contributed by atoms with E-state index >= 15 is 0 Å². The van der Waals surface area contributed by atoms with E-state index in [1.54, 1.807) is 18.2 Å². The molecular weight excluding hydrogens is 163 g/mol. The summed E-state index contributed by atoms with van der Waals surface area (Å²) in [6.07, 6.45) is 0. The van der Waals surface area contributed by atoms with Crippen LogP contribution in [0, 0.1) is 0 Å². The molecule has 1 aromatic carbocycles. The number of Topliss-reactive ketones (excluding diaryl/α,β-unsaturated/α-hetero) is 1. The zero-order valence-electron chi connectivity index (χ0n) is 7.83. The molecule has 1 aromatic rings. The van der Waals surface area contributed by atoms with Crippen LogP contribution in [0.3, 0.4) is 0 Å². The van der Waals surface area contributed by atoms with Crippen LogP contribution in [-0.2, 0) is 0 Å². The number of carbonyl (C=O) groups is 1. The molecule has 1 rings (SSSR count). The van der Waals surface area contributed by atoms with Gasteiger partial charge in [0.2, 0.25) is 0 Å². The molecule has 66 valence electrons. The van der Waals surface area contributed by atoms with E-state index in [0.717, 1.165) is 0 Å². The molecule has 0 unspecified atom stereocenters. The summed E-state index contributed by atoms with van der Waals surface area (Å²) in [7, 11) is 5.61. The number of hydrogen-bond acceptors (Lipinski definition) is 2. The lowest BCUT2D eigenvalue weighted by Crippen LogP contribution is -2.13. The normalized spacial score (nSPS) is 9.69. The summed E-state index contributed by atoms with van der Waals surface area (Å²) in [5, 5.41) is 0. The average Bonchev–Trinajstić information content (AvgIpc) is 2.08. The highest BCUT2D eigenvalue weighted by Crippen LogP contribution is 2.11. The fraction of sp³-hybridized carbons (Fsp3) is 0.300. The highest BCUT2D eigenvalue weighted by atomic mass is 16.5. The Morgan fingerprint density at radius 3 is 2.77 bits per heavy atom. The molecule has 0 aliphatic heterocycles. The molecule has 3 heteroatoms. The van der Waals surface area contributed by atoms with Crippen molar-refractivity contribution in [2.45, 2.75) is 13.8 Å². The van der Waals surface area contributed by atoms with Crippen molar-refractivity contribution < 1.29 is 9.53 Å². The van der Waals surface area contributed by atoms with Gasteiger partial charge in [-0.15, -0.1) is 0 Å². The smallest absolute Gasteiger partial charge is 0.159 e. The molecule has 0 aliphatic carbocycles. The second-order valence-electron chi connectivity index (χ2n) is 2.74. The van der Waals surface area contributed by atoms with Crippen LogP contribution in [0.4, 0.5) is 0 Å². The van der Waals surface area contributed by atoms with Gasteiger partial charge in [-0.3, -0.25) is 4.79 Å². The summed E-state index contributed by atoms with van der Waals surface area (Å²) in [6, 6.07) is 5.11. The summed E-state index contributed by atoms with van der Waals surface area (Å²) in [5.41, 5.74) is 1.02. The van der Waals surface area contributed by atoms with Crippen LogP contribution < -0.4 is 10.2 Å². The molecule has 0 saturated carbocycles. The van der Waals surface area contributed by atoms with Crippen molar-refractivity contribution in [1.29, 1.82) is 0 Å². The minimum Gasteiger partial charge on any atom is -0.494 e. The molecule has 0 bridgehead atoms. The minimum atomic E-state index is -0.0425. The first kappa shape index (κ1) is 9.84. The van der Waals surface area contributed by atoms with Crippen molar-refractivity contribution >= 4 is 19.1 Å². The van der Waals surface area contributed by atoms with Crippen LogP contribution in [0.15, 0.2) is 18.2 Å². The Balaban J connectivity index is 3.04. The Labute approximate surface area is 79.3 Å². The van der Waals surface area contributed by atoms with Crippen molar-refractivity contribution in [1.82, 2.24) is 0 Å². The first-order chi connectivity index (χ1) is 6.15. The average molecular weight is 174 g/mol. The maximum absolute atomic E-state index is 11.1. The molecule has 0 N–H and O–H groups in total. The van der Waals surface area contributed by atoms with Crippen LogP contribution >= 0.6 is 0 Å². The first-order valence-electron chi connectivity index (χ1n) is 4.18. The van der Waals surface area contributed by atoms with E-state index in [4.69, 9.17) is 12.6 Å². The summed E-state index contributed by atoms with van der Waals surface area (Å²) >= 11 is 0. The Morgan fingerprint density at radius 1 is 1.54 bits per heavy atom. The second kappa shape index (κ2) is 4.12. The monoisotopic (exact) mass is 174 g/mol. The van der Waals surface area contributed by atoms with E-state index in [0.29, 0.717) is 23.4 Å². The van der Waals surface area contributed by atoms with Crippen LogP contribution in [-0.4, -0.2) is 20.2 Å². The van der Waals surface area contributed by atoms with Gasteiger partial charge in [-0.05, 0) is 26.0 Å². The maximum Gasteiger partial charge on any atom is 0.159 e. The molecule has 0 heterocycles. The van der Waals surface area contributed by atoms with Gasteiger partial charge in [-0.2, -0.15) is 0 Å². The fourth-order valence-corrected chi connectivity index (χ4v) is 1.10. The topological polar surface area (TPSA) is 26.3 Å². The minimum absolute atomic E-state index is 0.0425.